The van der Waals surface area contributed by atoms with Crippen LogP contribution < -0.4 is 0 Å². The van der Waals surface area contributed by atoms with Crippen LogP contribution in [0.5, 0.6) is 0 Å². The molecule has 0 fully saturated rings. The quantitative estimate of drug-likeness (QED) is 0.190. The van der Waals surface area contributed by atoms with E-state index in [1.165, 1.54) is 32.1 Å². The molecule has 146 valence electrons. The fraction of sp³-hybridized carbons (Fsp3) is 0.542. The van der Waals surface area contributed by atoms with Crippen molar-refractivity contribution < 1.29 is 9.90 Å². The second-order valence-electron chi connectivity index (χ2n) is 6.98. The van der Waals surface area contributed by atoms with Gasteiger partial charge in [-0.15, -0.1) is 0 Å². The highest BCUT2D eigenvalue weighted by atomic mass is 16.4. The predicted molar refractivity (Wildman–Crippen MR) is 114 cm³/mol. The number of unbranched alkanes of at least 4 members (excludes halogenated alkanes) is 3. The second kappa shape index (κ2) is 18.0. The highest BCUT2D eigenvalue weighted by molar-refractivity contribution is 5.66. The Balaban J connectivity index is 3.85. The largest absolute Gasteiger partial charge is 0.481 e. The highest BCUT2D eigenvalue weighted by Gasteiger charge is 1.96. The lowest BCUT2D eigenvalue weighted by Crippen LogP contribution is -1.92. The first kappa shape index (κ1) is 24.2. The zero-order valence-electron chi connectivity index (χ0n) is 16.9. The molecule has 0 amide bonds. The Kier molecular flexibility index (Phi) is 16.7. The van der Waals surface area contributed by atoms with E-state index in [4.69, 9.17) is 5.11 Å². The van der Waals surface area contributed by atoms with E-state index < -0.39 is 5.97 Å². The van der Waals surface area contributed by atoms with Crippen molar-refractivity contribution in [2.75, 3.05) is 0 Å². The van der Waals surface area contributed by atoms with Crippen molar-refractivity contribution in [3.63, 3.8) is 0 Å². The van der Waals surface area contributed by atoms with Gasteiger partial charge < -0.3 is 5.11 Å². The molecule has 0 rings (SSSR count). The Bertz CT molecular complexity index is 480. The van der Waals surface area contributed by atoms with Gasteiger partial charge in [0, 0.05) is 6.42 Å². The van der Waals surface area contributed by atoms with Crippen molar-refractivity contribution in [2.45, 2.75) is 72.1 Å². The van der Waals surface area contributed by atoms with E-state index in [1.807, 2.05) is 18.2 Å². The van der Waals surface area contributed by atoms with Crippen LogP contribution >= 0.6 is 0 Å². The standard InChI is InChI=1S/C24H38O2/c1-4-5-6-12-17-22(2)18-13-9-7-8-10-14-19-23(3)20-15-11-16-21-24(25)26/h7-11,13-15,18-19,22-23H,4-6,12,16-17,20-21H2,1-3H3,(H,25,26). The van der Waals surface area contributed by atoms with Crippen molar-refractivity contribution in [1.29, 1.82) is 0 Å². The number of carbonyl (C=O) groups is 1. The fourth-order valence-electron chi connectivity index (χ4n) is 2.47. The molecule has 2 nitrogen and oxygen atoms in total. The minimum absolute atomic E-state index is 0.210. The number of carboxylic acids is 1. The number of rotatable bonds is 15. The minimum Gasteiger partial charge on any atom is -0.481 e. The Labute approximate surface area is 161 Å². The van der Waals surface area contributed by atoms with Gasteiger partial charge in [-0.1, -0.05) is 107 Å². The van der Waals surface area contributed by atoms with Crippen LogP contribution in [0.25, 0.3) is 0 Å². The molecule has 0 radical (unpaired) electrons. The molecule has 0 aromatic rings. The molecular formula is C24H38O2. The van der Waals surface area contributed by atoms with Gasteiger partial charge in [-0.2, -0.15) is 0 Å². The van der Waals surface area contributed by atoms with Gasteiger partial charge in [0.25, 0.3) is 0 Å². The Morgan fingerprint density at radius 2 is 1.46 bits per heavy atom. The van der Waals surface area contributed by atoms with Gasteiger partial charge in [0.2, 0.25) is 0 Å². The highest BCUT2D eigenvalue weighted by Crippen LogP contribution is 2.11. The molecule has 0 aliphatic rings. The molecule has 0 aliphatic carbocycles. The van der Waals surface area contributed by atoms with E-state index in [1.54, 1.807) is 0 Å². The molecule has 2 heteroatoms. The molecule has 26 heavy (non-hydrogen) atoms. The predicted octanol–water partition coefficient (Wildman–Crippen LogP) is 7.26. The summed E-state index contributed by atoms with van der Waals surface area (Å²) in [4.78, 5) is 10.4. The second-order valence-corrected chi connectivity index (χ2v) is 6.98. The lowest BCUT2D eigenvalue weighted by molar-refractivity contribution is -0.136. The summed E-state index contributed by atoms with van der Waals surface area (Å²) in [7, 11) is 0. The van der Waals surface area contributed by atoms with Crippen molar-refractivity contribution >= 4 is 5.97 Å². The Hall–Kier alpha value is -1.83. The molecule has 2 atom stereocenters. The van der Waals surface area contributed by atoms with E-state index in [0.29, 0.717) is 18.3 Å². The molecule has 0 spiro atoms. The summed E-state index contributed by atoms with van der Waals surface area (Å²) in [5.41, 5.74) is 0. The maximum Gasteiger partial charge on any atom is 0.303 e. The van der Waals surface area contributed by atoms with Gasteiger partial charge in [-0.25, -0.2) is 0 Å². The van der Waals surface area contributed by atoms with E-state index in [9.17, 15) is 4.79 Å². The van der Waals surface area contributed by atoms with Gasteiger partial charge in [0.1, 0.15) is 0 Å². The lowest BCUT2D eigenvalue weighted by Gasteiger charge is -2.04. The van der Waals surface area contributed by atoms with E-state index >= 15 is 0 Å². The van der Waals surface area contributed by atoms with Crippen LogP contribution in [0.1, 0.15) is 72.1 Å². The van der Waals surface area contributed by atoms with E-state index in [0.717, 1.165) is 6.42 Å². The first-order valence-electron chi connectivity index (χ1n) is 10.1. The molecule has 0 saturated heterocycles. The monoisotopic (exact) mass is 358 g/mol. The van der Waals surface area contributed by atoms with Crippen LogP contribution in [0.4, 0.5) is 0 Å². The van der Waals surface area contributed by atoms with Gasteiger partial charge in [-0.3, -0.25) is 4.79 Å². The van der Waals surface area contributed by atoms with Crippen molar-refractivity contribution in [2.24, 2.45) is 11.8 Å². The third-order valence-corrected chi connectivity index (χ3v) is 4.15. The van der Waals surface area contributed by atoms with Crippen molar-refractivity contribution in [1.82, 2.24) is 0 Å². The average molecular weight is 359 g/mol. The molecule has 1 N–H and O–H groups in total. The average Bonchev–Trinajstić information content (AvgIpc) is 2.60. The third kappa shape index (κ3) is 18.5. The Morgan fingerprint density at radius 3 is 2.08 bits per heavy atom. The first-order chi connectivity index (χ1) is 12.6. The summed E-state index contributed by atoms with van der Waals surface area (Å²) in [5.74, 6) is 0.375. The van der Waals surface area contributed by atoms with Crippen LogP contribution in [0.2, 0.25) is 0 Å². The summed E-state index contributed by atoms with van der Waals surface area (Å²) in [6.07, 6.45) is 29.3. The Morgan fingerprint density at radius 1 is 0.846 bits per heavy atom. The molecule has 0 saturated carbocycles. The molecule has 0 aliphatic heterocycles. The van der Waals surface area contributed by atoms with Crippen molar-refractivity contribution in [3.05, 3.63) is 60.8 Å². The van der Waals surface area contributed by atoms with Crippen molar-refractivity contribution in [3.8, 4) is 0 Å². The van der Waals surface area contributed by atoms with Gasteiger partial charge in [-0.05, 0) is 31.1 Å². The summed E-state index contributed by atoms with van der Waals surface area (Å²) < 4.78 is 0. The normalized spacial score (nSPS) is 15.2. The van der Waals surface area contributed by atoms with E-state index in [-0.39, 0.29) is 6.42 Å². The maximum atomic E-state index is 10.4. The van der Waals surface area contributed by atoms with Crippen LogP contribution in [-0.4, -0.2) is 11.1 Å². The number of carboxylic acid groups (broad SMARTS) is 1. The first-order valence-corrected chi connectivity index (χ1v) is 10.1. The smallest absolute Gasteiger partial charge is 0.303 e. The number of allylic oxidation sites excluding steroid dienone is 10. The van der Waals surface area contributed by atoms with E-state index in [2.05, 4.69) is 63.3 Å². The van der Waals surface area contributed by atoms with Crippen LogP contribution in [0.3, 0.4) is 0 Å². The topological polar surface area (TPSA) is 37.3 Å². The molecule has 0 aromatic heterocycles. The fourth-order valence-corrected chi connectivity index (χ4v) is 2.47. The van der Waals surface area contributed by atoms with Gasteiger partial charge in [0.15, 0.2) is 0 Å². The van der Waals surface area contributed by atoms with Gasteiger partial charge >= 0.3 is 5.97 Å². The number of hydrogen-bond acceptors (Lipinski definition) is 1. The minimum atomic E-state index is -0.739. The molecular weight excluding hydrogens is 320 g/mol. The van der Waals surface area contributed by atoms with Crippen LogP contribution in [0.15, 0.2) is 60.8 Å². The lowest BCUT2D eigenvalue weighted by atomic mass is 10.0. The molecule has 0 aromatic carbocycles. The molecule has 2 unspecified atom stereocenters. The summed E-state index contributed by atoms with van der Waals surface area (Å²) in [6, 6.07) is 0. The number of aliphatic carboxylic acids is 1. The summed E-state index contributed by atoms with van der Waals surface area (Å²) >= 11 is 0. The molecule has 0 heterocycles. The zero-order chi connectivity index (χ0) is 19.5. The van der Waals surface area contributed by atoms with Gasteiger partial charge in [0.05, 0.1) is 0 Å². The summed E-state index contributed by atoms with van der Waals surface area (Å²) in [6.45, 7) is 6.69. The zero-order valence-corrected chi connectivity index (χ0v) is 16.9. The maximum absolute atomic E-state index is 10.4. The SMILES string of the molecule is CCCCCCC(C)C=CC=CC=CC=CC(C)CC=CCCC(=O)O. The third-order valence-electron chi connectivity index (χ3n) is 4.15. The summed E-state index contributed by atoms with van der Waals surface area (Å²) in [5, 5.41) is 8.56. The molecule has 0 bridgehead atoms. The van der Waals surface area contributed by atoms with Crippen LogP contribution in [-0.2, 0) is 4.79 Å². The van der Waals surface area contributed by atoms with Crippen LogP contribution in [0, 0.1) is 11.8 Å². The number of hydrogen-bond donors (Lipinski definition) is 1.